The minimum absolute atomic E-state index is 0.0682. The van der Waals surface area contributed by atoms with Crippen LogP contribution >= 0.6 is 27.3 Å². The fraction of sp³-hybridized carbons (Fsp3) is 0.500. The van der Waals surface area contributed by atoms with E-state index in [0.29, 0.717) is 6.54 Å². The Kier molecular flexibility index (Phi) is 5.28. The van der Waals surface area contributed by atoms with Crippen LogP contribution in [0.4, 0.5) is 0 Å². The quantitative estimate of drug-likeness (QED) is 0.874. The second-order valence-electron chi connectivity index (χ2n) is 3.34. The third kappa shape index (κ3) is 4.32. The van der Waals surface area contributed by atoms with Gasteiger partial charge in [-0.3, -0.25) is 4.79 Å². The predicted octanol–water partition coefficient (Wildman–Crippen LogP) is 2.25. The summed E-state index contributed by atoms with van der Waals surface area (Å²) in [5, 5.41) is 4.82. The van der Waals surface area contributed by atoms with Gasteiger partial charge in [0.1, 0.15) is 0 Å². The molecule has 0 bridgehead atoms. The summed E-state index contributed by atoms with van der Waals surface area (Å²) >= 11 is 4.98. The molecule has 0 aliphatic rings. The molecular formula is C10H15BrN2OS. The van der Waals surface area contributed by atoms with Crippen molar-refractivity contribution in [3.63, 3.8) is 0 Å². The van der Waals surface area contributed by atoms with Crippen molar-refractivity contribution in [1.29, 1.82) is 0 Å². The molecule has 84 valence electrons. The van der Waals surface area contributed by atoms with Crippen molar-refractivity contribution < 1.29 is 4.79 Å². The van der Waals surface area contributed by atoms with Crippen LogP contribution in [-0.4, -0.2) is 11.9 Å². The lowest BCUT2D eigenvalue weighted by Gasteiger charge is -2.09. The molecule has 0 saturated heterocycles. The second kappa shape index (κ2) is 6.25. The summed E-state index contributed by atoms with van der Waals surface area (Å²) < 4.78 is 1.05. The van der Waals surface area contributed by atoms with Gasteiger partial charge in [0.2, 0.25) is 5.91 Å². The van der Waals surface area contributed by atoms with E-state index in [1.54, 1.807) is 11.3 Å². The molecule has 0 radical (unpaired) electrons. The highest BCUT2D eigenvalue weighted by Gasteiger charge is 2.11. The molecule has 3 N–H and O–H groups in total. The fourth-order valence-electron chi connectivity index (χ4n) is 1.19. The molecule has 1 atom stereocenters. The molecular weight excluding hydrogens is 276 g/mol. The molecule has 0 spiro atoms. The smallest absolute Gasteiger partial charge is 0.237 e. The first-order chi connectivity index (χ1) is 7.13. The molecule has 0 aromatic carbocycles. The first kappa shape index (κ1) is 12.7. The van der Waals surface area contributed by atoms with E-state index < -0.39 is 0 Å². The Hall–Kier alpha value is -0.390. The fourth-order valence-corrected chi connectivity index (χ4v) is 2.58. The lowest BCUT2D eigenvalue weighted by molar-refractivity contribution is -0.122. The van der Waals surface area contributed by atoms with Gasteiger partial charge < -0.3 is 11.1 Å². The van der Waals surface area contributed by atoms with Gasteiger partial charge in [-0.1, -0.05) is 13.3 Å². The van der Waals surface area contributed by atoms with Gasteiger partial charge in [0, 0.05) is 14.7 Å². The maximum Gasteiger partial charge on any atom is 0.237 e. The first-order valence-electron chi connectivity index (χ1n) is 4.89. The summed E-state index contributed by atoms with van der Waals surface area (Å²) in [5.41, 5.74) is 5.68. The number of hydrogen-bond donors (Lipinski definition) is 2. The number of hydrogen-bond acceptors (Lipinski definition) is 3. The van der Waals surface area contributed by atoms with Gasteiger partial charge in [0.25, 0.3) is 0 Å². The van der Waals surface area contributed by atoms with E-state index in [9.17, 15) is 4.79 Å². The van der Waals surface area contributed by atoms with Gasteiger partial charge in [-0.05, 0) is 28.4 Å². The SMILES string of the molecule is CCC[C@@H](N)C(=O)NCc1cc(Br)cs1. The van der Waals surface area contributed by atoms with Gasteiger partial charge in [-0.15, -0.1) is 11.3 Å². The van der Waals surface area contributed by atoms with Crippen molar-refractivity contribution in [2.24, 2.45) is 5.73 Å². The Balaban J connectivity index is 2.34. The third-order valence-electron chi connectivity index (χ3n) is 2.00. The number of amides is 1. The summed E-state index contributed by atoms with van der Waals surface area (Å²) in [6.45, 7) is 2.58. The van der Waals surface area contributed by atoms with E-state index in [4.69, 9.17) is 5.73 Å². The lowest BCUT2D eigenvalue weighted by Crippen LogP contribution is -2.39. The Morgan fingerprint density at radius 3 is 3.00 bits per heavy atom. The molecule has 0 aliphatic heterocycles. The number of thiophene rings is 1. The van der Waals surface area contributed by atoms with Gasteiger partial charge >= 0.3 is 0 Å². The van der Waals surface area contributed by atoms with Crippen LogP contribution in [0.15, 0.2) is 15.9 Å². The largest absolute Gasteiger partial charge is 0.350 e. The maximum absolute atomic E-state index is 11.5. The highest BCUT2D eigenvalue weighted by atomic mass is 79.9. The van der Waals surface area contributed by atoms with Crippen molar-refractivity contribution in [2.75, 3.05) is 0 Å². The second-order valence-corrected chi connectivity index (χ2v) is 5.26. The minimum atomic E-state index is -0.376. The van der Waals surface area contributed by atoms with Crippen LogP contribution in [0, 0.1) is 0 Å². The summed E-state index contributed by atoms with van der Waals surface area (Å²) in [4.78, 5) is 12.6. The van der Waals surface area contributed by atoms with E-state index in [0.717, 1.165) is 22.2 Å². The molecule has 3 nitrogen and oxygen atoms in total. The maximum atomic E-state index is 11.5. The standard InChI is InChI=1S/C10H15BrN2OS/c1-2-3-9(12)10(14)13-5-8-4-7(11)6-15-8/h4,6,9H,2-3,5,12H2,1H3,(H,13,14)/t9-/m1/s1. The molecule has 1 heterocycles. The molecule has 1 aromatic rings. The predicted molar refractivity (Wildman–Crippen MR) is 66.7 cm³/mol. The number of carbonyl (C=O) groups excluding carboxylic acids is 1. The Labute approximate surface area is 102 Å². The number of rotatable bonds is 5. The van der Waals surface area contributed by atoms with Crippen LogP contribution in [0.5, 0.6) is 0 Å². The average Bonchev–Trinajstić information content (AvgIpc) is 2.61. The molecule has 1 aromatic heterocycles. The molecule has 0 unspecified atom stereocenters. The van der Waals surface area contributed by atoms with Crippen LogP contribution < -0.4 is 11.1 Å². The first-order valence-corrected chi connectivity index (χ1v) is 6.57. The zero-order chi connectivity index (χ0) is 11.3. The zero-order valence-electron chi connectivity index (χ0n) is 8.63. The van der Waals surface area contributed by atoms with Crippen molar-refractivity contribution in [3.05, 3.63) is 20.8 Å². The zero-order valence-corrected chi connectivity index (χ0v) is 11.0. The molecule has 1 amide bonds. The van der Waals surface area contributed by atoms with Crippen molar-refractivity contribution in [1.82, 2.24) is 5.32 Å². The van der Waals surface area contributed by atoms with E-state index in [2.05, 4.69) is 21.2 Å². The Bertz CT molecular complexity index is 327. The normalized spacial score (nSPS) is 12.5. The molecule has 0 aliphatic carbocycles. The lowest BCUT2D eigenvalue weighted by atomic mass is 10.2. The Morgan fingerprint density at radius 2 is 2.47 bits per heavy atom. The van der Waals surface area contributed by atoms with Crippen LogP contribution in [0.25, 0.3) is 0 Å². The van der Waals surface area contributed by atoms with E-state index >= 15 is 0 Å². The van der Waals surface area contributed by atoms with Gasteiger partial charge in [-0.25, -0.2) is 0 Å². The molecule has 15 heavy (non-hydrogen) atoms. The topological polar surface area (TPSA) is 55.1 Å². The van der Waals surface area contributed by atoms with Crippen molar-refractivity contribution >= 4 is 33.2 Å². The van der Waals surface area contributed by atoms with Gasteiger partial charge in [-0.2, -0.15) is 0 Å². The number of halogens is 1. The summed E-state index contributed by atoms with van der Waals surface area (Å²) in [7, 11) is 0. The highest BCUT2D eigenvalue weighted by Crippen LogP contribution is 2.19. The van der Waals surface area contributed by atoms with Crippen molar-refractivity contribution in [2.45, 2.75) is 32.4 Å². The monoisotopic (exact) mass is 290 g/mol. The number of carbonyl (C=O) groups is 1. The van der Waals surface area contributed by atoms with E-state index in [1.807, 2.05) is 18.4 Å². The molecule has 5 heteroatoms. The minimum Gasteiger partial charge on any atom is -0.350 e. The third-order valence-corrected chi connectivity index (χ3v) is 3.69. The summed E-state index contributed by atoms with van der Waals surface area (Å²) in [5.74, 6) is -0.0682. The van der Waals surface area contributed by atoms with Crippen molar-refractivity contribution in [3.8, 4) is 0 Å². The Morgan fingerprint density at radius 1 is 1.73 bits per heavy atom. The average molecular weight is 291 g/mol. The number of nitrogens with one attached hydrogen (secondary N) is 1. The molecule has 0 fully saturated rings. The molecule has 1 rings (SSSR count). The summed E-state index contributed by atoms with van der Waals surface area (Å²) in [6.07, 6.45) is 1.67. The highest BCUT2D eigenvalue weighted by molar-refractivity contribution is 9.10. The van der Waals surface area contributed by atoms with Crippen LogP contribution in [0.3, 0.4) is 0 Å². The van der Waals surface area contributed by atoms with Gasteiger partial charge in [0.15, 0.2) is 0 Å². The van der Waals surface area contributed by atoms with Crippen LogP contribution in [0.1, 0.15) is 24.6 Å². The van der Waals surface area contributed by atoms with E-state index in [1.165, 1.54) is 0 Å². The van der Waals surface area contributed by atoms with Crippen LogP contribution in [-0.2, 0) is 11.3 Å². The number of nitrogens with two attached hydrogens (primary N) is 1. The molecule has 0 saturated carbocycles. The summed E-state index contributed by atoms with van der Waals surface area (Å²) in [6, 6.07) is 1.62. The van der Waals surface area contributed by atoms with E-state index in [-0.39, 0.29) is 11.9 Å². The van der Waals surface area contributed by atoms with Crippen LogP contribution in [0.2, 0.25) is 0 Å². The van der Waals surface area contributed by atoms with Gasteiger partial charge in [0.05, 0.1) is 12.6 Å².